The summed E-state index contributed by atoms with van der Waals surface area (Å²) in [4.78, 5) is 0. The van der Waals surface area contributed by atoms with E-state index in [2.05, 4.69) is 32.0 Å². The highest BCUT2D eigenvalue weighted by Gasteiger charge is 2.11. The smallest absolute Gasteiger partial charge is 0.0707 e. The van der Waals surface area contributed by atoms with Crippen LogP contribution in [0.15, 0.2) is 18.2 Å². The average molecular weight is 265 g/mol. The maximum Gasteiger partial charge on any atom is 0.0707 e. The normalized spacial score (nSPS) is 13.6. The van der Waals surface area contributed by atoms with Crippen molar-refractivity contribution in [3.8, 4) is 0 Å². The minimum Gasteiger partial charge on any atom is -0.377 e. The molecule has 3 nitrogen and oxygen atoms in total. The molecule has 1 atom stereocenters. The largest absolute Gasteiger partial charge is 0.377 e. The van der Waals surface area contributed by atoms with Crippen molar-refractivity contribution in [3.05, 3.63) is 34.9 Å². The van der Waals surface area contributed by atoms with Crippen molar-refractivity contribution >= 4 is 0 Å². The summed E-state index contributed by atoms with van der Waals surface area (Å²) >= 11 is 0. The first-order valence-electron chi connectivity index (χ1n) is 6.84. The van der Waals surface area contributed by atoms with Crippen molar-refractivity contribution in [3.63, 3.8) is 0 Å². The summed E-state index contributed by atoms with van der Waals surface area (Å²) in [5, 5.41) is 0. The number of hydrogen-bond donors (Lipinski definition) is 1. The number of benzene rings is 1. The predicted octanol–water partition coefficient (Wildman–Crippen LogP) is 3.13. The molecule has 1 aromatic carbocycles. The SMILES string of the molecule is Cc1ccc(C)c(C(N)COCCOC(C)(C)C)c1. The molecule has 1 rings (SSSR count). The zero-order valence-corrected chi connectivity index (χ0v) is 12.8. The summed E-state index contributed by atoms with van der Waals surface area (Å²) in [5.41, 5.74) is 9.66. The molecular weight excluding hydrogens is 238 g/mol. The van der Waals surface area contributed by atoms with E-state index in [0.29, 0.717) is 19.8 Å². The third-order valence-electron chi connectivity index (χ3n) is 2.89. The van der Waals surface area contributed by atoms with Gasteiger partial charge in [0.2, 0.25) is 0 Å². The Hall–Kier alpha value is -0.900. The van der Waals surface area contributed by atoms with Crippen LogP contribution in [0, 0.1) is 13.8 Å². The van der Waals surface area contributed by atoms with Gasteiger partial charge in [-0.1, -0.05) is 23.8 Å². The first-order chi connectivity index (χ1) is 8.79. The van der Waals surface area contributed by atoms with Crippen LogP contribution in [-0.4, -0.2) is 25.4 Å². The highest BCUT2D eigenvalue weighted by atomic mass is 16.5. The van der Waals surface area contributed by atoms with Gasteiger partial charge in [-0.05, 0) is 45.7 Å². The number of hydrogen-bond acceptors (Lipinski definition) is 3. The molecule has 0 aliphatic rings. The topological polar surface area (TPSA) is 44.5 Å². The van der Waals surface area contributed by atoms with Crippen molar-refractivity contribution in [1.82, 2.24) is 0 Å². The van der Waals surface area contributed by atoms with Gasteiger partial charge in [-0.3, -0.25) is 0 Å². The van der Waals surface area contributed by atoms with Gasteiger partial charge in [0.05, 0.1) is 31.5 Å². The molecule has 19 heavy (non-hydrogen) atoms. The third kappa shape index (κ3) is 6.19. The van der Waals surface area contributed by atoms with Crippen LogP contribution < -0.4 is 5.73 Å². The van der Waals surface area contributed by atoms with Crippen molar-refractivity contribution < 1.29 is 9.47 Å². The Morgan fingerprint density at radius 1 is 1.16 bits per heavy atom. The molecule has 0 amide bonds. The highest BCUT2D eigenvalue weighted by molar-refractivity contribution is 5.32. The van der Waals surface area contributed by atoms with Gasteiger partial charge in [0.1, 0.15) is 0 Å². The Bertz CT molecular complexity index is 396. The lowest BCUT2D eigenvalue weighted by Gasteiger charge is -2.20. The summed E-state index contributed by atoms with van der Waals surface area (Å²) in [5.74, 6) is 0. The van der Waals surface area contributed by atoms with Gasteiger partial charge in [0.15, 0.2) is 0 Å². The number of aryl methyl sites for hydroxylation is 2. The van der Waals surface area contributed by atoms with Crippen molar-refractivity contribution in [1.29, 1.82) is 0 Å². The van der Waals surface area contributed by atoms with Gasteiger partial charge in [0.25, 0.3) is 0 Å². The van der Waals surface area contributed by atoms with Gasteiger partial charge in [-0.25, -0.2) is 0 Å². The zero-order chi connectivity index (χ0) is 14.5. The second-order valence-corrected chi connectivity index (χ2v) is 6.00. The van der Waals surface area contributed by atoms with E-state index in [-0.39, 0.29) is 11.6 Å². The number of nitrogens with two attached hydrogens (primary N) is 1. The van der Waals surface area contributed by atoms with Crippen molar-refractivity contribution in [2.24, 2.45) is 5.73 Å². The van der Waals surface area contributed by atoms with Gasteiger partial charge in [-0.2, -0.15) is 0 Å². The van der Waals surface area contributed by atoms with Gasteiger partial charge in [-0.15, -0.1) is 0 Å². The van der Waals surface area contributed by atoms with E-state index in [0.717, 1.165) is 5.56 Å². The van der Waals surface area contributed by atoms with E-state index < -0.39 is 0 Å². The van der Waals surface area contributed by atoms with Crippen LogP contribution in [-0.2, 0) is 9.47 Å². The van der Waals surface area contributed by atoms with E-state index in [1.807, 2.05) is 20.8 Å². The Labute approximate surface area is 117 Å². The fourth-order valence-corrected chi connectivity index (χ4v) is 1.87. The van der Waals surface area contributed by atoms with Crippen LogP contribution in [0.3, 0.4) is 0 Å². The Morgan fingerprint density at radius 2 is 1.84 bits per heavy atom. The molecule has 0 saturated carbocycles. The summed E-state index contributed by atoms with van der Waals surface area (Å²) in [6.45, 7) is 12.0. The molecule has 0 aliphatic carbocycles. The quantitative estimate of drug-likeness (QED) is 0.804. The van der Waals surface area contributed by atoms with Crippen molar-refractivity contribution in [2.45, 2.75) is 46.3 Å². The van der Waals surface area contributed by atoms with Crippen LogP contribution in [0.25, 0.3) is 0 Å². The fraction of sp³-hybridized carbons (Fsp3) is 0.625. The molecule has 1 unspecified atom stereocenters. The summed E-state index contributed by atoms with van der Waals surface area (Å²) in [6, 6.07) is 6.26. The number of ether oxygens (including phenoxy) is 2. The van der Waals surface area contributed by atoms with Gasteiger partial charge >= 0.3 is 0 Å². The summed E-state index contributed by atoms with van der Waals surface area (Å²) in [6.07, 6.45) is 0. The first kappa shape index (κ1) is 16.2. The van der Waals surface area contributed by atoms with Crippen LogP contribution >= 0.6 is 0 Å². The summed E-state index contributed by atoms with van der Waals surface area (Å²) < 4.78 is 11.2. The minimum absolute atomic E-state index is 0.0745. The van der Waals surface area contributed by atoms with Crippen LogP contribution in [0.4, 0.5) is 0 Å². The highest BCUT2D eigenvalue weighted by Crippen LogP contribution is 2.17. The number of rotatable bonds is 6. The molecule has 0 fully saturated rings. The predicted molar refractivity (Wildman–Crippen MR) is 79.4 cm³/mol. The van der Waals surface area contributed by atoms with E-state index >= 15 is 0 Å². The molecule has 0 bridgehead atoms. The first-order valence-corrected chi connectivity index (χ1v) is 6.84. The maximum absolute atomic E-state index is 6.17. The van der Waals surface area contributed by atoms with Gasteiger partial charge in [0, 0.05) is 0 Å². The molecule has 108 valence electrons. The molecular formula is C16H27NO2. The molecule has 0 heterocycles. The Kier molecular flexibility index (Phi) is 5.98. The average Bonchev–Trinajstić information content (AvgIpc) is 2.30. The maximum atomic E-state index is 6.17. The third-order valence-corrected chi connectivity index (χ3v) is 2.89. The van der Waals surface area contributed by atoms with E-state index in [1.54, 1.807) is 0 Å². The monoisotopic (exact) mass is 265 g/mol. The molecule has 1 aromatic rings. The lowest BCUT2D eigenvalue weighted by Crippen LogP contribution is -2.24. The molecule has 0 saturated heterocycles. The molecule has 3 heteroatoms. The molecule has 0 aromatic heterocycles. The van der Waals surface area contributed by atoms with Crippen LogP contribution in [0.1, 0.15) is 43.5 Å². The lowest BCUT2D eigenvalue weighted by molar-refractivity contribution is -0.0363. The minimum atomic E-state index is -0.112. The van der Waals surface area contributed by atoms with E-state index in [1.165, 1.54) is 11.1 Å². The van der Waals surface area contributed by atoms with Crippen LogP contribution in [0.2, 0.25) is 0 Å². The Morgan fingerprint density at radius 3 is 2.47 bits per heavy atom. The second-order valence-electron chi connectivity index (χ2n) is 6.00. The zero-order valence-electron chi connectivity index (χ0n) is 12.8. The van der Waals surface area contributed by atoms with E-state index in [9.17, 15) is 0 Å². The van der Waals surface area contributed by atoms with Crippen LogP contribution in [0.5, 0.6) is 0 Å². The van der Waals surface area contributed by atoms with Crippen molar-refractivity contribution in [2.75, 3.05) is 19.8 Å². The summed E-state index contributed by atoms with van der Waals surface area (Å²) in [7, 11) is 0. The standard InChI is InChI=1S/C16H27NO2/c1-12-6-7-13(2)14(10-12)15(17)11-18-8-9-19-16(3,4)5/h6-7,10,15H,8-9,11,17H2,1-5H3. The fourth-order valence-electron chi connectivity index (χ4n) is 1.87. The molecule has 0 spiro atoms. The second kappa shape index (κ2) is 7.04. The molecule has 0 radical (unpaired) electrons. The molecule has 2 N–H and O–H groups in total. The van der Waals surface area contributed by atoms with E-state index in [4.69, 9.17) is 15.2 Å². The lowest BCUT2D eigenvalue weighted by atomic mass is 10.00. The Balaban J connectivity index is 2.35. The van der Waals surface area contributed by atoms with Gasteiger partial charge < -0.3 is 15.2 Å². The molecule has 0 aliphatic heterocycles.